The van der Waals surface area contributed by atoms with Crippen LogP contribution in [0.5, 0.6) is 0 Å². The molecule has 28 heavy (non-hydrogen) atoms. The number of rotatable bonds is 11. The summed E-state index contributed by atoms with van der Waals surface area (Å²) in [4.78, 5) is 36.8. The lowest BCUT2D eigenvalue weighted by atomic mass is 10.1. The Hall–Kier alpha value is -1.88. The maximum atomic E-state index is 12.6. The van der Waals surface area contributed by atoms with E-state index in [4.69, 9.17) is 23.2 Å². The van der Waals surface area contributed by atoms with E-state index < -0.39 is 27.1 Å². The average molecular weight is 459 g/mol. The highest BCUT2D eigenvalue weighted by molar-refractivity contribution is 6.18. The van der Waals surface area contributed by atoms with Gasteiger partial charge in [-0.15, -0.1) is 35.6 Å². The van der Waals surface area contributed by atoms with E-state index in [-0.39, 0.29) is 48.5 Å². The third kappa shape index (κ3) is 7.27. The second-order valence-electron chi connectivity index (χ2n) is 5.80. The Bertz CT molecular complexity index is 699. The fraction of sp³-hybridized carbons (Fsp3) is 0.533. The van der Waals surface area contributed by atoms with E-state index in [2.05, 4.69) is 5.32 Å². The molecule has 0 saturated heterocycles. The number of nitrogens with one attached hydrogen (secondary N) is 1. The number of alkyl halides is 2. The maximum Gasteiger partial charge on any atom is 0.348 e. The standard InChI is InChI=1S/C15H21Cl2N5O5.ClH/c1-19(2)8-5-18-15(23)11-9-13(21(24)25)14(22(26)27)10-12(11)20(6-3-16)7-4-17;/h9-10H,3-8H2,1-2H3,(H,18,23);1H. The van der Waals surface area contributed by atoms with Crippen molar-refractivity contribution in [3.8, 4) is 0 Å². The lowest BCUT2D eigenvalue weighted by molar-refractivity contribution is -0.422. The number of hydrogen-bond donors (Lipinski definition) is 1. The van der Waals surface area contributed by atoms with E-state index in [1.165, 1.54) is 0 Å². The minimum atomic E-state index is -0.883. The van der Waals surface area contributed by atoms with Crippen LogP contribution in [-0.4, -0.2) is 72.7 Å². The van der Waals surface area contributed by atoms with Crippen LogP contribution in [0.1, 0.15) is 10.4 Å². The topological polar surface area (TPSA) is 122 Å². The molecule has 0 aromatic heterocycles. The highest BCUT2D eigenvalue weighted by Gasteiger charge is 2.30. The third-order valence-corrected chi connectivity index (χ3v) is 3.96. The second-order valence-corrected chi connectivity index (χ2v) is 6.55. The summed E-state index contributed by atoms with van der Waals surface area (Å²) in [6.07, 6.45) is 0. The molecule has 1 aromatic rings. The summed E-state index contributed by atoms with van der Waals surface area (Å²) < 4.78 is 0. The molecule has 0 aliphatic carbocycles. The van der Waals surface area contributed by atoms with Crippen molar-refractivity contribution in [1.82, 2.24) is 10.2 Å². The monoisotopic (exact) mass is 457 g/mol. The van der Waals surface area contributed by atoms with Gasteiger partial charge in [-0.1, -0.05) is 0 Å². The number of anilines is 1. The van der Waals surface area contributed by atoms with Gasteiger partial charge >= 0.3 is 11.4 Å². The van der Waals surface area contributed by atoms with Crippen LogP contribution in [0.2, 0.25) is 0 Å². The van der Waals surface area contributed by atoms with Crippen LogP contribution in [0, 0.1) is 20.2 Å². The molecule has 10 nitrogen and oxygen atoms in total. The third-order valence-electron chi connectivity index (χ3n) is 3.63. The van der Waals surface area contributed by atoms with Crippen molar-refractivity contribution < 1.29 is 14.6 Å². The first-order valence-corrected chi connectivity index (χ1v) is 9.06. The first-order chi connectivity index (χ1) is 12.7. The van der Waals surface area contributed by atoms with Gasteiger partial charge in [0, 0.05) is 50.1 Å². The van der Waals surface area contributed by atoms with Gasteiger partial charge in [0.25, 0.3) is 5.91 Å². The van der Waals surface area contributed by atoms with E-state index in [0.717, 1.165) is 12.1 Å². The molecule has 158 valence electrons. The van der Waals surface area contributed by atoms with Gasteiger partial charge in [-0.3, -0.25) is 25.0 Å². The largest absolute Gasteiger partial charge is 0.368 e. The number of likely N-dealkylation sites (N-methyl/N-ethyl adjacent to an activating group) is 1. The molecule has 0 aliphatic rings. The molecule has 0 saturated carbocycles. The van der Waals surface area contributed by atoms with E-state index in [0.29, 0.717) is 13.1 Å². The summed E-state index contributed by atoms with van der Waals surface area (Å²) in [5, 5.41) is 25.2. The van der Waals surface area contributed by atoms with Crippen molar-refractivity contribution in [2.24, 2.45) is 0 Å². The van der Waals surface area contributed by atoms with Gasteiger partial charge in [0.05, 0.1) is 21.1 Å². The normalized spacial score (nSPS) is 10.3. The van der Waals surface area contributed by atoms with Crippen molar-refractivity contribution in [1.29, 1.82) is 0 Å². The predicted molar refractivity (Wildman–Crippen MR) is 112 cm³/mol. The molecule has 0 radical (unpaired) electrons. The van der Waals surface area contributed by atoms with Crippen LogP contribution >= 0.6 is 35.6 Å². The van der Waals surface area contributed by atoms with Crippen molar-refractivity contribution >= 4 is 58.6 Å². The predicted octanol–water partition coefficient (Wildman–Crippen LogP) is 2.50. The number of nitro groups is 2. The van der Waals surface area contributed by atoms with E-state index in [1.54, 1.807) is 4.90 Å². The maximum absolute atomic E-state index is 12.6. The van der Waals surface area contributed by atoms with Crippen molar-refractivity contribution in [2.75, 3.05) is 56.9 Å². The SMILES string of the molecule is CN(C)CCNC(=O)c1cc([N+](=O)[O-])c([N+](=O)[O-])cc1N(CCCl)CCCl.Cl. The summed E-state index contributed by atoms with van der Waals surface area (Å²) in [6.45, 7) is 1.40. The Morgan fingerprint density at radius 2 is 1.54 bits per heavy atom. The Kier molecular flexibility index (Phi) is 11.7. The highest BCUT2D eigenvalue weighted by Crippen LogP contribution is 2.35. The highest BCUT2D eigenvalue weighted by atomic mass is 35.5. The Labute approximate surface area is 178 Å². The molecule has 1 amide bonds. The van der Waals surface area contributed by atoms with Gasteiger partial charge in [-0.05, 0) is 14.1 Å². The molecule has 0 bridgehead atoms. The first-order valence-electron chi connectivity index (χ1n) is 7.99. The van der Waals surface area contributed by atoms with Gasteiger partial charge in [0.15, 0.2) is 0 Å². The van der Waals surface area contributed by atoms with Crippen LogP contribution in [0.3, 0.4) is 0 Å². The summed E-state index contributed by atoms with van der Waals surface area (Å²) in [5.41, 5.74) is -1.32. The van der Waals surface area contributed by atoms with Crippen molar-refractivity contribution in [3.05, 3.63) is 37.9 Å². The van der Waals surface area contributed by atoms with Gasteiger partial charge in [-0.2, -0.15) is 0 Å². The number of hydrogen-bond acceptors (Lipinski definition) is 7. The summed E-state index contributed by atoms with van der Waals surface area (Å²) in [7, 11) is 3.66. The van der Waals surface area contributed by atoms with Crippen molar-refractivity contribution in [2.45, 2.75) is 0 Å². The molecular weight excluding hydrogens is 437 g/mol. The first kappa shape index (κ1) is 26.1. The minimum absolute atomic E-state index is 0. The van der Waals surface area contributed by atoms with Gasteiger partial charge in [0.2, 0.25) is 0 Å². The minimum Gasteiger partial charge on any atom is -0.368 e. The summed E-state index contributed by atoms with van der Waals surface area (Å²) in [5.74, 6) is -0.203. The van der Waals surface area contributed by atoms with Crippen LogP contribution in [0.4, 0.5) is 17.1 Å². The molecule has 1 N–H and O–H groups in total. The lowest BCUT2D eigenvalue weighted by Crippen LogP contribution is -2.34. The quantitative estimate of drug-likeness (QED) is 0.307. The van der Waals surface area contributed by atoms with Gasteiger partial charge < -0.3 is 15.1 Å². The number of carbonyl (C=O) groups excluding carboxylic acids is 1. The number of nitrogens with zero attached hydrogens (tertiary/aromatic N) is 4. The number of carbonyl (C=O) groups is 1. The summed E-state index contributed by atoms with van der Waals surface area (Å²) >= 11 is 11.6. The Morgan fingerprint density at radius 1 is 1.04 bits per heavy atom. The zero-order valence-corrected chi connectivity index (χ0v) is 17.7. The smallest absolute Gasteiger partial charge is 0.348 e. The van der Waals surface area contributed by atoms with Gasteiger partial charge in [0.1, 0.15) is 0 Å². The van der Waals surface area contributed by atoms with Crippen LogP contribution in [0.15, 0.2) is 12.1 Å². The molecule has 0 aliphatic heterocycles. The molecule has 0 atom stereocenters. The average Bonchev–Trinajstić information content (AvgIpc) is 2.59. The van der Waals surface area contributed by atoms with E-state index in [9.17, 15) is 25.0 Å². The van der Waals surface area contributed by atoms with E-state index >= 15 is 0 Å². The molecule has 0 spiro atoms. The number of amides is 1. The zero-order chi connectivity index (χ0) is 20.6. The molecule has 0 unspecified atom stereocenters. The van der Waals surface area contributed by atoms with Crippen molar-refractivity contribution in [3.63, 3.8) is 0 Å². The fourth-order valence-electron chi connectivity index (χ4n) is 2.35. The second kappa shape index (κ2) is 12.6. The van der Waals surface area contributed by atoms with Crippen LogP contribution in [-0.2, 0) is 0 Å². The van der Waals surface area contributed by atoms with Gasteiger partial charge in [-0.25, -0.2) is 0 Å². The Morgan fingerprint density at radius 3 is 1.96 bits per heavy atom. The summed E-state index contributed by atoms with van der Waals surface area (Å²) in [6, 6.07) is 1.95. The fourth-order valence-corrected chi connectivity index (χ4v) is 2.75. The van der Waals surface area contributed by atoms with Crippen LogP contribution in [0.25, 0.3) is 0 Å². The number of benzene rings is 1. The number of nitro benzene ring substituents is 2. The molecular formula is C15H22Cl3N5O5. The molecule has 1 aromatic carbocycles. The Balaban J connectivity index is 0.00000729. The zero-order valence-electron chi connectivity index (χ0n) is 15.4. The molecule has 0 heterocycles. The van der Waals surface area contributed by atoms with E-state index in [1.807, 2.05) is 19.0 Å². The molecule has 1 rings (SSSR count). The molecule has 13 heteroatoms. The number of halogens is 3. The molecule has 0 fully saturated rings. The lowest BCUT2D eigenvalue weighted by Gasteiger charge is -2.25. The van der Waals surface area contributed by atoms with Crippen LogP contribution < -0.4 is 10.2 Å².